The molecule has 2 N–H and O–H groups in total. The van der Waals surface area contributed by atoms with Crippen molar-refractivity contribution in [3.05, 3.63) is 65.3 Å². The van der Waals surface area contributed by atoms with Gasteiger partial charge < -0.3 is 10.3 Å². The molecule has 2 heterocycles. The SMILES string of the molecule is c1ccc2sc(CNCc3c[nH]c4ccccc34)nc2c1. The maximum atomic E-state index is 4.64. The molecule has 0 bridgehead atoms. The number of rotatable bonds is 4. The number of fused-ring (bicyclic) bond motifs is 2. The van der Waals surface area contributed by atoms with E-state index in [2.05, 4.69) is 63.9 Å². The van der Waals surface area contributed by atoms with Gasteiger partial charge in [-0.1, -0.05) is 30.3 Å². The van der Waals surface area contributed by atoms with Gasteiger partial charge in [-0.2, -0.15) is 0 Å². The molecule has 0 spiro atoms. The van der Waals surface area contributed by atoms with Crippen LogP contribution in [0.3, 0.4) is 0 Å². The van der Waals surface area contributed by atoms with Crippen LogP contribution in [0.2, 0.25) is 0 Å². The molecule has 0 fully saturated rings. The minimum atomic E-state index is 0.804. The van der Waals surface area contributed by atoms with Gasteiger partial charge in [-0.3, -0.25) is 0 Å². The van der Waals surface area contributed by atoms with Gasteiger partial charge in [0, 0.05) is 30.2 Å². The average molecular weight is 293 g/mol. The van der Waals surface area contributed by atoms with E-state index in [0.717, 1.165) is 23.6 Å². The smallest absolute Gasteiger partial charge is 0.108 e. The molecule has 0 radical (unpaired) electrons. The highest BCUT2D eigenvalue weighted by Gasteiger charge is 2.05. The number of hydrogen-bond donors (Lipinski definition) is 2. The Kier molecular flexibility index (Phi) is 3.18. The van der Waals surface area contributed by atoms with Gasteiger partial charge in [0.25, 0.3) is 0 Å². The largest absolute Gasteiger partial charge is 0.361 e. The summed E-state index contributed by atoms with van der Waals surface area (Å²) in [5, 5.41) is 5.91. The standard InChI is InChI=1S/C17H15N3S/c1-2-6-14-13(5-1)12(10-19-14)9-18-11-17-20-15-7-3-4-8-16(15)21-17/h1-8,10,18-19H,9,11H2. The number of nitrogens with zero attached hydrogens (tertiary/aromatic N) is 1. The molecule has 4 heteroatoms. The molecule has 0 aliphatic rings. The Morgan fingerprint density at radius 2 is 1.86 bits per heavy atom. The first-order chi connectivity index (χ1) is 10.4. The zero-order chi connectivity index (χ0) is 14.1. The van der Waals surface area contributed by atoms with Crippen LogP contribution in [0.15, 0.2) is 54.7 Å². The van der Waals surface area contributed by atoms with Gasteiger partial charge in [-0.05, 0) is 23.8 Å². The second kappa shape index (κ2) is 5.31. The number of aromatic nitrogens is 2. The number of thiazole rings is 1. The fourth-order valence-corrected chi connectivity index (χ4v) is 3.51. The van der Waals surface area contributed by atoms with Gasteiger partial charge in [0.05, 0.1) is 10.2 Å². The number of H-pyrrole nitrogens is 1. The third-order valence-corrected chi connectivity index (χ3v) is 4.64. The van der Waals surface area contributed by atoms with Crippen molar-refractivity contribution in [2.24, 2.45) is 0 Å². The van der Waals surface area contributed by atoms with Crippen LogP contribution in [0, 0.1) is 0 Å². The summed E-state index contributed by atoms with van der Waals surface area (Å²) in [6.45, 7) is 1.65. The maximum absolute atomic E-state index is 4.64. The van der Waals surface area contributed by atoms with Crippen molar-refractivity contribution in [2.75, 3.05) is 0 Å². The summed E-state index contributed by atoms with van der Waals surface area (Å²) in [6, 6.07) is 16.7. The zero-order valence-electron chi connectivity index (χ0n) is 11.5. The summed E-state index contributed by atoms with van der Waals surface area (Å²) >= 11 is 1.76. The van der Waals surface area contributed by atoms with Crippen molar-refractivity contribution in [1.82, 2.24) is 15.3 Å². The second-order valence-electron chi connectivity index (χ2n) is 5.04. The Labute approximate surface area is 126 Å². The van der Waals surface area contributed by atoms with Crippen LogP contribution >= 0.6 is 11.3 Å². The van der Waals surface area contributed by atoms with E-state index in [1.165, 1.54) is 21.2 Å². The molecule has 3 nitrogen and oxygen atoms in total. The van der Waals surface area contributed by atoms with Crippen molar-refractivity contribution in [2.45, 2.75) is 13.1 Å². The molecule has 0 saturated carbocycles. The van der Waals surface area contributed by atoms with Gasteiger partial charge in [0.15, 0.2) is 0 Å². The van der Waals surface area contributed by atoms with E-state index in [9.17, 15) is 0 Å². The average Bonchev–Trinajstić information content (AvgIpc) is 3.11. The van der Waals surface area contributed by atoms with Crippen molar-refractivity contribution in [1.29, 1.82) is 0 Å². The predicted molar refractivity (Wildman–Crippen MR) is 88.5 cm³/mol. The molecule has 0 saturated heterocycles. The monoisotopic (exact) mass is 293 g/mol. The zero-order valence-corrected chi connectivity index (χ0v) is 12.3. The highest BCUT2D eigenvalue weighted by molar-refractivity contribution is 7.18. The van der Waals surface area contributed by atoms with Crippen LogP contribution in [-0.4, -0.2) is 9.97 Å². The molecule has 0 amide bonds. The lowest BCUT2D eigenvalue weighted by Gasteiger charge is -2.01. The highest BCUT2D eigenvalue weighted by Crippen LogP contribution is 2.22. The fraction of sp³-hybridized carbons (Fsp3) is 0.118. The van der Waals surface area contributed by atoms with Gasteiger partial charge in [0.2, 0.25) is 0 Å². The summed E-state index contributed by atoms with van der Waals surface area (Å²) in [6.07, 6.45) is 2.08. The topological polar surface area (TPSA) is 40.7 Å². The second-order valence-corrected chi connectivity index (χ2v) is 6.15. The molecule has 0 atom stereocenters. The fourth-order valence-electron chi connectivity index (χ4n) is 2.58. The van der Waals surface area contributed by atoms with E-state index < -0.39 is 0 Å². The van der Waals surface area contributed by atoms with Crippen LogP contribution in [-0.2, 0) is 13.1 Å². The molecule has 4 aromatic rings. The van der Waals surface area contributed by atoms with Crippen molar-refractivity contribution >= 4 is 32.5 Å². The van der Waals surface area contributed by atoms with E-state index in [0.29, 0.717) is 0 Å². The Hall–Kier alpha value is -2.17. The number of aromatic amines is 1. The third kappa shape index (κ3) is 2.44. The third-order valence-electron chi connectivity index (χ3n) is 3.60. The Morgan fingerprint density at radius 1 is 1.00 bits per heavy atom. The molecular formula is C17H15N3S. The molecule has 2 aromatic heterocycles. The van der Waals surface area contributed by atoms with Gasteiger partial charge in [-0.25, -0.2) is 4.98 Å². The first-order valence-electron chi connectivity index (χ1n) is 7.00. The quantitative estimate of drug-likeness (QED) is 0.595. The Balaban J connectivity index is 1.47. The van der Waals surface area contributed by atoms with E-state index >= 15 is 0 Å². The van der Waals surface area contributed by atoms with Gasteiger partial charge in [-0.15, -0.1) is 11.3 Å². The van der Waals surface area contributed by atoms with E-state index in [1.807, 2.05) is 6.07 Å². The summed E-state index contributed by atoms with van der Waals surface area (Å²) in [5.41, 5.74) is 3.58. The van der Waals surface area contributed by atoms with Crippen LogP contribution in [0.1, 0.15) is 10.6 Å². The maximum Gasteiger partial charge on any atom is 0.108 e. The summed E-state index contributed by atoms with van der Waals surface area (Å²) in [4.78, 5) is 7.95. The first-order valence-corrected chi connectivity index (χ1v) is 7.82. The van der Waals surface area contributed by atoms with Crippen LogP contribution in [0.4, 0.5) is 0 Å². The molecular weight excluding hydrogens is 278 g/mol. The molecule has 104 valence electrons. The van der Waals surface area contributed by atoms with Crippen LogP contribution < -0.4 is 5.32 Å². The number of para-hydroxylation sites is 2. The first kappa shape index (κ1) is 12.6. The lowest BCUT2D eigenvalue weighted by molar-refractivity contribution is 0.694. The Morgan fingerprint density at radius 3 is 2.81 bits per heavy atom. The number of benzene rings is 2. The van der Waals surface area contributed by atoms with Crippen LogP contribution in [0.5, 0.6) is 0 Å². The minimum Gasteiger partial charge on any atom is -0.361 e. The predicted octanol–water partition coefficient (Wildman–Crippen LogP) is 4.07. The molecule has 4 rings (SSSR count). The summed E-state index contributed by atoms with van der Waals surface area (Å²) in [5.74, 6) is 0. The van der Waals surface area contributed by atoms with E-state index in [1.54, 1.807) is 11.3 Å². The van der Waals surface area contributed by atoms with E-state index in [4.69, 9.17) is 0 Å². The highest BCUT2D eigenvalue weighted by atomic mass is 32.1. The lowest BCUT2D eigenvalue weighted by atomic mass is 10.2. The van der Waals surface area contributed by atoms with E-state index in [-0.39, 0.29) is 0 Å². The van der Waals surface area contributed by atoms with Gasteiger partial charge in [0.1, 0.15) is 5.01 Å². The lowest BCUT2D eigenvalue weighted by Crippen LogP contribution is -2.12. The van der Waals surface area contributed by atoms with Gasteiger partial charge >= 0.3 is 0 Å². The normalized spacial score (nSPS) is 11.4. The molecule has 21 heavy (non-hydrogen) atoms. The molecule has 0 aliphatic carbocycles. The summed E-state index contributed by atoms with van der Waals surface area (Å²) in [7, 11) is 0. The number of hydrogen-bond acceptors (Lipinski definition) is 3. The molecule has 0 unspecified atom stereocenters. The van der Waals surface area contributed by atoms with Crippen molar-refractivity contribution < 1.29 is 0 Å². The molecule has 0 aliphatic heterocycles. The van der Waals surface area contributed by atoms with Crippen molar-refractivity contribution in [3.8, 4) is 0 Å². The van der Waals surface area contributed by atoms with Crippen molar-refractivity contribution in [3.63, 3.8) is 0 Å². The Bertz CT molecular complexity index is 858. The molecule has 2 aromatic carbocycles. The summed E-state index contributed by atoms with van der Waals surface area (Å²) < 4.78 is 1.25. The van der Waals surface area contributed by atoms with Crippen LogP contribution in [0.25, 0.3) is 21.1 Å². The minimum absolute atomic E-state index is 0.804. The number of nitrogens with one attached hydrogen (secondary N) is 2.